The lowest BCUT2D eigenvalue weighted by atomic mass is 10.0. The van der Waals surface area contributed by atoms with Crippen LogP contribution in [0, 0.1) is 0 Å². The zero-order valence-electron chi connectivity index (χ0n) is 60.9. The first kappa shape index (κ1) is 93.2. The summed E-state index contributed by atoms with van der Waals surface area (Å²) >= 11 is 0. The van der Waals surface area contributed by atoms with Crippen molar-refractivity contribution in [1.82, 2.24) is 0 Å². The minimum absolute atomic E-state index is 0.0268. The van der Waals surface area contributed by atoms with E-state index in [1.54, 1.807) is 0 Å². The highest BCUT2D eigenvalue weighted by molar-refractivity contribution is 7.47. The van der Waals surface area contributed by atoms with Crippen molar-refractivity contribution in [3.8, 4) is 0 Å². The molecule has 0 radical (unpaired) electrons. The van der Waals surface area contributed by atoms with Crippen molar-refractivity contribution in [3.63, 3.8) is 0 Å². The van der Waals surface area contributed by atoms with Crippen LogP contribution in [0.1, 0.15) is 285 Å². The van der Waals surface area contributed by atoms with Crippen LogP contribution in [-0.4, -0.2) is 96.7 Å². The van der Waals surface area contributed by atoms with Crippen LogP contribution in [0.15, 0.2) is 134 Å². The normalized spacial score (nSPS) is 14.7. The number of ether oxygens (including phenoxy) is 4. The molecule has 3 N–H and O–H groups in total. The Hall–Kier alpha value is -4.80. The van der Waals surface area contributed by atoms with Gasteiger partial charge in [-0.25, -0.2) is 9.13 Å². The standard InChI is InChI=1S/C79H132O17P2/c1-5-9-13-17-21-25-29-33-35-36-38-41-44-48-52-56-60-64-77(82)90-70-75(96-79(84)66-62-58-54-50-46-42-37-34-30-26-22-18-14-10-6-2)72-94-98(87,88)92-68-73(80)67-91-97(85,86)93-71-74(95-78(83)65-61-57-53-49-45-40-32-28-24-20-16-12-8-4)69-89-76(81)63-59-55-51-47-43-39-31-27-23-19-15-11-7-3/h9-10,13-15,19,21-22,25-27,31,33-35,37-38,41,46,48,50,52,73-75,80H,5-8,11-12,16-18,20,23-24,28-30,32,36,39-40,42-45,47,49,51,53-72H2,1-4H3,(H,85,86)(H,87,88)/b13-9-,14-10-,19-15-,25-21-,26-22-,31-27-,35-33-,37-34-,41-38-,50-46-,52-48-. The van der Waals surface area contributed by atoms with E-state index in [2.05, 4.69) is 149 Å². The predicted molar refractivity (Wildman–Crippen MR) is 399 cm³/mol. The second-order valence-electron chi connectivity index (χ2n) is 24.5. The van der Waals surface area contributed by atoms with Gasteiger partial charge in [0.1, 0.15) is 19.3 Å². The van der Waals surface area contributed by atoms with Gasteiger partial charge in [-0.2, -0.15) is 0 Å². The van der Waals surface area contributed by atoms with Crippen molar-refractivity contribution in [2.24, 2.45) is 0 Å². The highest BCUT2D eigenvalue weighted by Gasteiger charge is 2.30. The Morgan fingerprint density at radius 3 is 0.918 bits per heavy atom. The molecule has 0 aliphatic heterocycles. The Bertz CT molecular complexity index is 2380. The molecule has 0 aromatic carbocycles. The number of carbonyl (C=O) groups is 4. The van der Waals surface area contributed by atoms with Gasteiger partial charge in [-0.05, 0) is 128 Å². The van der Waals surface area contributed by atoms with Gasteiger partial charge in [0.15, 0.2) is 12.2 Å². The number of allylic oxidation sites excluding steroid dienone is 22. The summed E-state index contributed by atoms with van der Waals surface area (Å²) in [6.45, 7) is 4.44. The lowest BCUT2D eigenvalue weighted by Crippen LogP contribution is -2.30. The van der Waals surface area contributed by atoms with Crippen LogP contribution in [0.2, 0.25) is 0 Å². The summed E-state index contributed by atoms with van der Waals surface area (Å²) < 4.78 is 68.3. The van der Waals surface area contributed by atoms with E-state index in [4.69, 9.17) is 37.0 Å². The van der Waals surface area contributed by atoms with Crippen LogP contribution in [-0.2, 0) is 65.4 Å². The number of phosphoric acid groups is 2. The van der Waals surface area contributed by atoms with Crippen LogP contribution >= 0.6 is 15.6 Å². The Morgan fingerprint density at radius 1 is 0.296 bits per heavy atom. The number of aliphatic hydroxyl groups excluding tert-OH is 1. The predicted octanol–water partition coefficient (Wildman–Crippen LogP) is 21.3. The average Bonchev–Trinajstić information content (AvgIpc) is 1.05. The third-order valence-corrected chi connectivity index (χ3v) is 17.0. The van der Waals surface area contributed by atoms with Gasteiger partial charge in [-0.15, -0.1) is 0 Å². The molecule has 0 aromatic heterocycles. The van der Waals surface area contributed by atoms with Gasteiger partial charge in [-0.1, -0.05) is 264 Å². The molecule has 5 unspecified atom stereocenters. The summed E-state index contributed by atoms with van der Waals surface area (Å²) in [6.07, 6.45) is 77.5. The maximum absolute atomic E-state index is 13.1. The zero-order valence-corrected chi connectivity index (χ0v) is 62.7. The largest absolute Gasteiger partial charge is 0.472 e. The van der Waals surface area contributed by atoms with Crippen LogP contribution in [0.4, 0.5) is 0 Å². The van der Waals surface area contributed by atoms with Gasteiger partial charge in [-0.3, -0.25) is 37.3 Å². The third kappa shape index (κ3) is 69.7. The van der Waals surface area contributed by atoms with Crippen molar-refractivity contribution >= 4 is 39.5 Å². The van der Waals surface area contributed by atoms with E-state index in [9.17, 15) is 43.2 Å². The van der Waals surface area contributed by atoms with Crippen molar-refractivity contribution in [2.75, 3.05) is 39.6 Å². The second kappa shape index (κ2) is 70.6. The van der Waals surface area contributed by atoms with Gasteiger partial charge in [0, 0.05) is 25.7 Å². The zero-order chi connectivity index (χ0) is 71.8. The van der Waals surface area contributed by atoms with E-state index in [1.807, 2.05) is 12.2 Å². The second-order valence-corrected chi connectivity index (χ2v) is 27.4. The summed E-state index contributed by atoms with van der Waals surface area (Å²) in [5, 5.41) is 10.6. The van der Waals surface area contributed by atoms with E-state index < -0.39 is 97.5 Å². The van der Waals surface area contributed by atoms with E-state index in [-0.39, 0.29) is 25.7 Å². The minimum atomic E-state index is -5.00. The average molecular weight is 1420 g/mol. The highest BCUT2D eigenvalue weighted by Crippen LogP contribution is 2.45. The van der Waals surface area contributed by atoms with E-state index >= 15 is 0 Å². The van der Waals surface area contributed by atoms with E-state index in [0.29, 0.717) is 38.5 Å². The van der Waals surface area contributed by atoms with Crippen LogP contribution < -0.4 is 0 Å². The molecule has 0 saturated heterocycles. The summed E-state index contributed by atoms with van der Waals surface area (Å²) in [5.74, 6) is -2.31. The molecule has 560 valence electrons. The molecular formula is C79H132O17P2. The Balaban J connectivity index is 5.44. The van der Waals surface area contributed by atoms with Crippen molar-refractivity contribution in [3.05, 3.63) is 134 Å². The SMILES string of the molecule is CC/C=C\C/C=C\C/C=C\C/C=C\C/C=C\CCCC(=O)OCC(COP(=O)(O)OCC(O)COP(=O)(O)OCC(COC(=O)CCCCCCC/C=C\C/C=C\CCC)OC(=O)CCCCCCCCCCCCCCC)OC(=O)CCCC/C=C\C/C=C\C/C=C\C/C=C\CC. The van der Waals surface area contributed by atoms with Crippen molar-refractivity contribution in [1.29, 1.82) is 0 Å². The molecule has 0 spiro atoms. The Morgan fingerprint density at radius 2 is 0.561 bits per heavy atom. The summed E-state index contributed by atoms with van der Waals surface area (Å²) in [5.41, 5.74) is 0. The minimum Gasteiger partial charge on any atom is -0.462 e. The molecule has 0 heterocycles. The quantitative estimate of drug-likeness (QED) is 0.0169. The first-order valence-corrected chi connectivity index (χ1v) is 40.4. The molecule has 0 aliphatic carbocycles. The van der Waals surface area contributed by atoms with Crippen LogP contribution in [0.3, 0.4) is 0 Å². The topological polar surface area (TPSA) is 237 Å². The molecule has 0 bridgehead atoms. The molecule has 0 fully saturated rings. The van der Waals surface area contributed by atoms with E-state index in [1.165, 1.54) is 51.4 Å². The number of esters is 4. The first-order chi connectivity index (χ1) is 47.7. The third-order valence-electron chi connectivity index (χ3n) is 15.1. The van der Waals surface area contributed by atoms with Gasteiger partial charge in [0.2, 0.25) is 0 Å². The number of carbonyl (C=O) groups excluding carboxylic acids is 4. The van der Waals surface area contributed by atoms with Gasteiger partial charge >= 0.3 is 39.5 Å². The highest BCUT2D eigenvalue weighted by atomic mass is 31.2. The molecule has 0 aromatic rings. The fourth-order valence-corrected chi connectivity index (χ4v) is 11.0. The molecule has 17 nitrogen and oxygen atoms in total. The number of hydrogen-bond donors (Lipinski definition) is 3. The van der Waals surface area contributed by atoms with Gasteiger partial charge in [0.05, 0.1) is 26.4 Å². The molecule has 0 aliphatic rings. The molecule has 0 rings (SSSR count). The molecule has 5 atom stereocenters. The molecule has 98 heavy (non-hydrogen) atoms. The molecular weight excluding hydrogens is 1280 g/mol. The maximum atomic E-state index is 13.1. The fraction of sp³-hybridized carbons (Fsp3) is 0.671. The maximum Gasteiger partial charge on any atom is 0.472 e. The van der Waals surface area contributed by atoms with Gasteiger partial charge in [0.25, 0.3) is 0 Å². The molecule has 19 heteroatoms. The number of unbranched alkanes of at least 4 members (excludes halogenated alkanes) is 21. The monoisotopic (exact) mass is 1410 g/mol. The number of rotatable bonds is 69. The number of phosphoric ester groups is 2. The number of hydrogen-bond acceptors (Lipinski definition) is 15. The smallest absolute Gasteiger partial charge is 0.462 e. The number of aliphatic hydroxyl groups is 1. The summed E-state index contributed by atoms with van der Waals surface area (Å²) in [7, 11) is -9.98. The summed E-state index contributed by atoms with van der Waals surface area (Å²) in [4.78, 5) is 72.8. The summed E-state index contributed by atoms with van der Waals surface area (Å²) in [6, 6.07) is 0. The van der Waals surface area contributed by atoms with Crippen LogP contribution in [0.25, 0.3) is 0 Å². The van der Waals surface area contributed by atoms with E-state index in [0.717, 1.165) is 141 Å². The first-order valence-electron chi connectivity index (χ1n) is 37.4. The lowest BCUT2D eigenvalue weighted by Gasteiger charge is -2.21. The lowest BCUT2D eigenvalue weighted by molar-refractivity contribution is -0.161. The van der Waals surface area contributed by atoms with Crippen molar-refractivity contribution in [2.45, 2.75) is 303 Å². The van der Waals surface area contributed by atoms with Gasteiger partial charge < -0.3 is 33.8 Å². The Labute approximate surface area is 593 Å². The molecule has 0 saturated carbocycles. The Kier molecular flexibility index (Phi) is 67.2. The van der Waals surface area contributed by atoms with Crippen LogP contribution in [0.5, 0.6) is 0 Å². The molecule has 0 amide bonds. The van der Waals surface area contributed by atoms with Crippen molar-refractivity contribution < 1.29 is 80.2 Å². The fourth-order valence-electron chi connectivity index (χ4n) is 9.46.